The smallest absolute Gasteiger partial charge is 0.444 e. The van der Waals surface area contributed by atoms with Crippen LogP contribution < -0.4 is 0 Å². The van der Waals surface area contributed by atoms with Crippen LogP contribution >= 0.6 is 0 Å². The van der Waals surface area contributed by atoms with Gasteiger partial charge in [-0.3, -0.25) is 4.90 Å². The summed E-state index contributed by atoms with van der Waals surface area (Å²) in [6, 6.07) is 3.17. The van der Waals surface area contributed by atoms with Gasteiger partial charge in [-0.1, -0.05) is 26.0 Å². The summed E-state index contributed by atoms with van der Waals surface area (Å²) in [6.07, 6.45) is -1.65. The van der Waals surface area contributed by atoms with Gasteiger partial charge in [-0.15, -0.1) is 0 Å². The third kappa shape index (κ3) is 9.46. The fraction of sp³-hybridized carbons (Fsp3) is 0.625. The predicted octanol–water partition coefficient (Wildman–Crippen LogP) is 3.76. The van der Waals surface area contributed by atoms with Crippen molar-refractivity contribution in [2.75, 3.05) is 13.3 Å². The van der Waals surface area contributed by atoms with E-state index < -0.39 is 65.1 Å². The first-order valence-corrected chi connectivity index (χ1v) is 15.1. The molecule has 2 amide bonds. The molecule has 14 heteroatoms. The Morgan fingerprint density at radius 2 is 1.29 bits per heavy atom. The monoisotopic (exact) mass is 578 g/mol. The molecule has 216 valence electrons. The zero-order valence-electron chi connectivity index (χ0n) is 23.5. The molecule has 12 nitrogen and oxygen atoms in total. The first-order valence-electron chi connectivity index (χ1n) is 11.7. The van der Waals surface area contributed by atoms with Crippen LogP contribution in [-0.4, -0.2) is 74.9 Å². The van der Waals surface area contributed by atoms with Crippen molar-refractivity contribution < 1.29 is 45.5 Å². The largest absolute Gasteiger partial charge is 0.459 e. The predicted molar refractivity (Wildman–Crippen MR) is 138 cm³/mol. The number of hydroxylamine groups is 1. The molecule has 0 fully saturated rings. The Labute approximate surface area is 225 Å². The van der Waals surface area contributed by atoms with Crippen molar-refractivity contribution in [1.82, 2.24) is 9.37 Å². The normalized spacial score (nSPS) is 13.4. The first-order chi connectivity index (χ1) is 17.0. The van der Waals surface area contributed by atoms with E-state index >= 15 is 0 Å². The van der Waals surface area contributed by atoms with E-state index in [0.717, 1.165) is 23.3 Å². The minimum Gasteiger partial charge on any atom is -0.444 e. The molecule has 0 radical (unpaired) electrons. The Bertz CT molecular complexity index is 1240. The summed E-state index contributed by atoms with van der Waals surface area (Å²) in [5.41, 5.74) is -2.10. The lowest BCUT2D eigenvalue weighted by atomic mass is 10.0. The van der Waals surface area contributed by atoms with Gasteiger partial charge in [0.25, 0.3) is 0 Å². The molecule has 38 heavy (non-hydrogen) atoms. The summed E-state index contributed by atoms with van der Waals surface area (Å²) in [4.78, 5) is 43.6. The van der Waals surface area contributed by atoms with Crippen LogP contribution in [0.2, 0.25) is 0 Å². The molecule has 0 spiro atoms. The number of ether oxygens (including phenoxy) is 2. The van der Waals surface area contributed by atoms with Crippen molar-refractivity contribution in [3.63, 3.8) is 0 Å². The standard InChI is InChI=1S/C24H38N2O10S2/c1-16(2)15-17(25(9)21(28)34-23(3,4)5)20(27)36-26(22(29)35-24(6,7)8)38(32,33)19-14-12-11-13-18(19)37(10,30)31/h11-14,16-17H,15H2,1-10H3. The number of hydrogen-bond donors (Lipinski definition) is 0. The molecular formula is C24H38N2O10S2. The number of amides is 2. The second-order valence-corrected chi connectivity index (χ2v) is 14.8. The SMILES string of the molecule is CC(C)CC(C(=O)ON(C(=O)OC(C)(C)C)S(=O)(=O)c1ccccc1S(C)(=O)=O)N(C)C(=O)OC(C)(C)C. The zero-order chi connectivity index (χ0) is 29.9. The minimum absolute atomic E-state index is 0.0245. The van der Waals surface area contributed by atoms with E-state index in [-0.39, 0.29) is 16.8 Å². The summed E-state index contributed by atoms with van der Waals surface area (Å²) < 4.78 is 61.9. The molecule has 0 heterocycles. The average molecular weight is 579 g/mol. The summed E-state index contributed by atoms with van der Waals surface area (Å²) >= 11 is 0. The van der Waals surface area contributed by atoms with Crippen LogP contribution in [0.25, 0.3) is 0 Å². The maximum atomic E-state index is 13.6. The second kappa shape index (κ2) is 11.9. The number of sulfone groups is 1. The van der Waals surface area contributed by atoms with Crippen LogP contribution in [0.1, 0.15) is 61.8 Å². The topological polar surface area (TPSA) is 154 Å². The molecule has 1 aromatic rings. The van der Waals surface area contributed by atoms with Gasteiger partial charge in [-0.05, 0) is 70.5 Å². The fourth-order valence-electron chi connectivity index (χ4n) is 3.01. The molecule has 0 aliphatic rings. The van der Waals surface area contributed by atoms with E-state index in [0.29, 0.717) is 0 Å². The van der Waals surface area contributed by atoms with Crippen LogP contribution in [0.5, 0.6) is 0 Å². The highest BCUT2D eigenvalue weighted by Gasteiger charge is 2.42. The molecule has 0 saturated carbocycles. The molecule has 1 unspecified atom stereocenters. The quantitative estimate of drug-likeness (QED) is 0.437. The number of rotatable bonds is 7. The third-order valence-corrected chi connectivity index (χ3v) is 7.43. The van der Waals surface area contributed by atoms with E-state index in [9.17, 15) is 31.2 Å². The summed E-state index contributed by atoms with van der Waals surface area (Å²) in [6.45, 7) is 12.8. The highest BCUT2D eigenvalue weighted by molar-refractivity contribution is 7.93. The maximum absolute atomic E-state index is 13.6. The minimum atomic E-state index is -5.12. The van der Waals surface area contributed by atoms with Crippen molar-refractivity contribution in [3.8, 4) is 0 Å². The number of carbonyl (C=O) groups excluding carboxylic acids is 3. The highest BCUT2D eigenvalue weighted by atomic mass is 32.2. The third-order valence-electron chi connectivity index (χ3n) is 4.58. The van der Waals surface area contributed by atoms with Crippen molar-refractivity contribution in [2.45, 2.75) is 88.8 Å². The second-order valence-electron chi connectivity index (χ2n) is 11.1. The number of likely N-dealkylation sites (N-methyl/N-ethyl adjacent to an activating group) is 1. The van der Waals surface area contributed by atoms with E-state index in [1.165, 1.54) is 40.0 Å². The molecule has 0 aliphatic carbocycles. The van der Waals surface area contributed by atoms with Gasteiger partial charge >= 0.3 is 28.2 Å². The number of benzene rings is 1. The molecule has 0 aromatic heterocycles. The van der Waals surface area contributed by atoms with Crippen LogP contribution in [0.3, 0.4) is 0 Å². The Hall–Kier alpha value is -2.87. The van der Waals surface area contributed by atoms with Crippen molar-refractivity contribution in [2.24, 2.45) is 5.92 Å². The molecule has 0 aliphatic heterocycles. The van der Waals surface area contributed by atoms with Gasteiger partial charge in [-0.25, -0.2) is 22.8 Å². The van der Waals surface area contributed by atoms with E-state index in [4.69, 9.17) is 14.3 Å². The van der Waals surface area contributed by atoms with Gasteiger partial charge in [0.1, 0.15) is 22.1 Å². The van der Waals surface area contributed by atoms with Gasteiger partial charge in [0, 0.05) is 13.3 Å². The van der Waals surface area contributed by atoms with Gasteiger partial charge in [0.05, 0.1) is 4.90 Å². The number of sulfonamides is 1. The Morgan fingerprint density at radius 3 is 1.71 bits per heavy atom. The van der Waals surface area contributed by atoms with E-state index in [1.54, 1.807) is 34.6 Å². The van der Waals surface area contributed by atoms with Gasteiger partial charge in [0.15, 0.2) is 9.84 Å². The first kappa shape index (κ1) is 33.2. The lowest BCUT2D eigenvalue weighted by Crippen LogP contribution is -2.50. The van der Waals surface area contributed by atoms with Crippen molar-refractivity contribution in [3.05, 3.63) is 24.3 Å². The number of nitrogens with zero attached hydrogens (tertiary/aromatic N) is 2. The average Bonchev–Trinajstić information content (AvgIpc) is 2.71. The fourth-order valence-corrected chi connectivity index (χ4v) is 5.69. The molecule has 1 rings (SSSR count). The summed E-state index contributed by atoms with van der Waals surface area (Å²) in [5, 5.41) is 0. The maximum Gasteiger partial charge on any atom is 0.459 e. The molecule has 0 bridgehead atoms. The molecule has 1 aromatic carbocycles. The lowest BCUT2D eigenvalue weighted by molar-refractivity contribution is -0.173. The Kier molecular flexibility index (Phi) is 10.4. The Morgan fingerprint density at radius 1 is 0.842 bits per heavy atom. The van der Waals surface area contributed by atoms with Gasteiger partial charge in [-0.2, -0.15) is 8.42 Å². The Balaban J connectivity index is 3.63. The van der Waals surface area contributed by atoms with Crippen LogP contribution in [0.4, 0.5) is 9.59 Å². The molecule has 0 saturated heterocycles. The number of hydrogen-bond acceptors (Lipinski definition) is 10. The molecule has 1 atom stereocenters. The molecule has 0 N–H and O–H groups in total. The van der Waals surface area contributed by atoms with Crippen LogP contribution in [0, 0.1) is 5.92 Å². The van der Waals surface area contributed by atoms with Gasteiger partial charge in [0.2, 0.25) is 0 Å². The van der Waals surface area contributed by atoms with E-state index in [2.05, 4.69) is 0 Å². The van der Waals surface area contributed by atoms with Crippen molar-refractivity contribution in [1.29, 1.82) is 0 Å². The van der Waals surface area contributed by atoms with Gasteiger partial charge < -0.3 is 14.3 Å². The molecular weight excluding hydrogens is 540 g/mol. The lowest BCUT2D eigenvalue weighted by Gasteiger charge is -2.31. The zero-order valence-corrected chi connectivity index (χ0v) is 25.1. The number of carbonyl (C=O) groups is 3. The van der Waals surface area contributed by atoms with Crippen molar-refractivity contribution >= 4 is 38.0 Å². The van der Waals surface area contributed by atoms with E-state index in [1.807, 2.05) is 0 Å². The van der Waals surface area contributed by atoms with Crippen LogP contribution in [-0.2, 0) is 39.0 Å². The summed E-state index contributed by atoms with van der Waals surface area (Å²) in [5.74, 6) is -1.45. The van der Waals surface area contributed by atoms with Crippen LogP contribution in [0.15, 0.2) is 34.1 Å². The summed E-state index contributed by atoms with van der Waals surface area (Å²) in [7, 11) is -7.93. The highest BCUT2D eigenvalue weighted by Crippen LogP contribution is 2.27.